The SMILES string of the molecule is CCOC(=O)c1ccc(I)c2ccccc12. The fraction of sp³-hybridized carbons (Fsp3) is 0.154. The number of carbonyl (C=O) groups is 1. The summed E-state index contributed by atoms with van der Waals surface area (Å²) < 4.78 is 6.17. The van der Waals surface area contributed by atoms with Gasteiger partial charge < -0.3 is 4.74 Å². The van der Waals surface area contributed by atoms with Gasteiger partial charge in [-0.3, -0.25) is 0 Å². The predicted octanol–water partition coefficient (Wildman–Crippen LogP) is 3.62. The Kier molecular flexibility index (Phi) is 3.43. The normalized spacial score (nSPS) is 10.4. The monoisotopic (exact) mass is 326 g/mol. The molecular weight excluding hydrogens is 315 g/mol. The van der Waals surface area contributed by atoms with Crippen molar-refractivity contribution < 1.29 is 9.53 Å². The lowest BCUT2D eigenvalue weighted by molar-refractivity contribution is 0.0528. The molecule has 0 bridgehead atoms. The molecule has 0 spiro atoms. The summed E-state index contributed by atoms with van der Waals surface area (Å²) in [5.41, 5.74) is 0.637. The van der Waals surface area contributed by atoms with E-state index >= 15 is 0 Å². The fourth-order valence-electron chi connectivity index (χ4n) is 1.65. The maximum atomic E-state index is 11.7. The van der Waals surface area contributed by atoms with Crippen LogP contribution in [0.4, 0.5) is 0 Å². The molecule has 0 aliphatic heterocycles. The Morgan fingerprint density at radius 1 is 1.19 bits per heavy atom. The Hall–Kier alpha value is -1.10. The van der Waals surface area contributed by atoms with Crippen molar-refractivity contribution >= 4 is 39.3 Å². The van der Waals surface area contributed by atoms with E-state index in [1.807, 2.05) is 43.3 Å². The van der Waals surface area contributed by atoms with Crippen molar-refractivity contribution in [2.24, 2.45) is 0 Å². The van der Waals surface area contributed by atoms with Crippen LogP contribution < -0.4 is 0 Å². The Bertz CT molecular complexity index is 534. The van der Waals surface area contributed by atoms with Gasteiger partial charge in [0.25, 0.3) is 0 Å². The maximum Gasteiger partial charge on any atom is 0.338 e. The van der Waals surface area contributed by atoms with Crippen molar-refractivity contribution in [2.45, 2.75) is 6.92 Å². The highest BCUT2D eigenvalue weighted by Crippen LogP contribution is 2.24. The van der Waals surface area contributed by atoms with E-state index in [1.54, 1.807) is 0 Å². The molecular formula is C13H11IO2. The molecule has 0 saturated heterocycles. The number of hydrogen-bond donors (Lipinski definition) is 0. The van der Waals surface area contributed by atoms with E-state index in [0.29, 0.717) is 12.2 Å². The minimum atomic E-state index is -0.255. The lowest BCUT2D eigenvalue weighted by atomic mass is 10.1. The van der Waals surface area contributed by atoms with Gasteiger partial charge in [0.2, 0.25) is 0 Å². The first-order valence-electron chi connectivity index (χ1n) is 5.08. The van der Waals surface area contributed by atoms with E-state index in [-0.39, 0.29) is 5.97 Å². The highest BCUT2D eigenvalue weighted by molar-refractivity contribution is 14.1. The standard InChI is InChI=1S/C13H11IO2/c1-2-16-13(15)11-7-8-12(14)10-6-4-3-5-9(10)11/h3-8H,2H2,1H3. The number of ether oxygens (including phenoxy) is 1. The van der Waals surface area contributed by atoms with Crippen LogP contribution in [0, 0.1) is 3.57 Å². The van der Waals surface area contributed by atoms with Crippen LogP contribution in [-0.4, -0.2) is 12.6 Å². The minimum absolute atomic E-state index is 0.255. The summed E-state index contributed by atoms with van der Waals surface area (Å²) in [6.07, 6.45) is 0. The fourth-order valence-corrected chi connectivity index (χ4v) is 2.30. The maximum absolute atomic E-state index is 11.7. The van der Waals surface area contributed by atoms with Gasteiger partial charge in [0, 0.05) is 3.57 Å². The smallest absolute Gasteiger partial charge is 0.338 e. The third-order valence-electron chi connectivity index (χ3n) is 2.37. The molecule has 0 aliphatic rings. The molecule has 3 heteroatoms. The lowest BCUT2D eigenvalue weighted by Gasteiger charge is -2.07. The van der Waals surface area contributed by atoms with Crippen LogP contribution >= 0.6 is 22.6 Å². The number of hydrogen-bond acceptors (Lipinski definition) is 2. The Morgan fingerprint density at radius 3 is 2.56 bits per heavy atom. The van der Waals surface area contributed by atoms with Crippen molar-refractivity contribution in [3.05, 3.63) is 45.5 Å². The first-order valence-corrected chi connectivity index (χ1v) is 6.16. The molecule has 0 aromatic heterocycles. The van der Waals surface area contributed by atoms with Gasteiger partial charge in [0.1, 0.15) is 0 Å². The van der Waals surface area contributed by atoms with Crippen LogP contribution in [0.1, 0.15) is 17.3 Å². The van der Waals surface area contributed by atoms with Gasteiger partial charge in [-0.1, -0.05) is 24.3 Å². The van der Waals surface area contributed by atoms with Crippen molar-refractivity contribution in [3.8, 4) is 0 Å². The molecule has 0 fully saturated rings. The summed E-state index contributed by atoms with van der Waals surface area (Å²) in [6, 6.07) is 11.6. The molecule has 0 radical (unpaired) electrons. The summed E-state index contributed by atoms with van der Waals surface area (Å²) in [4.78, 5) is 11.7. The summed E-state index contributed by atoms with van der Waals surface area (Å²) in [7, 11) is 0. The zero-order chi connectivity index (χ0) is 11.5. The van der Waals surface area contributed by atoms with Crippen molar-refractivity contribution in [3.63, 3.8) is 0 Å². The number of esters is 1. The average molecular weight is 326 g/mol. The van der Waals surface area contributed by atoms with E-state index in [1.165, 1.54) is 0 Å². The topological polar surface area (TPSA) is 26.3 Å². The number of carbonyl (C=O) groups excluding carboxylic acids is 1. The molecule has 0 aliphatic carbocycles. The van der Waals surface area contributed by atoms with Crippen LogP contribution in [0.15, 0.2) is 36.4 Å². The first kappa shape index (κ1) is 11.4. The molecule has 0 saturated carbocycles. The number of benzene rings is 2. The van der Waals surface area contributed by atoms with Crippen LogP contribution in [0.2, 0.25) is 0 Å². The van der Waals surface area contributed by atoms with E-state index in [2.05, 4.69) is 22.6 Å². The van der Waals surface area contributed by atoms with Crippen LogP contribution in [0.3, 0.4) is 0 Å². The van der Waals surface area contributed by atoms with E-state index < -0.39 is 0 Å². The molecule has 2 nitrogen and oxygen atoms in total. The van der Waals surface area contributed by atoms with E-state index in [9.17, 15) is 4.79 Å². The second kappa shape index (κ2) is 4.82. The molecule has 2 rings (SSSR count). The third kappa shape index (κ3) is 2.04. The molecule has 82 valence electrons. The van der Waals surface area contributed by atoms with Gasteiger partial charge in [-0.25, -0.2) is 4.79 Å². The zero-order valence-electron chi connectivity index (χ0n) is 8.87. The van der Waals surface area contributed by atoms with Crippen LogP contribution in [-0.2, 0) is 4.74 Å². The Morgan fingerprint density at radius 2 is 1.88 bits per heavy atom. The highest BCUT2D eigenvalue weighted by Gasteiger charge is 2.11. The van der Waals surface area contributed by atoms with Gasteiger partial charge in [0.15, 0.2) is 0 Å². The number of halogens is 1. The summed E-state index contributed by atoms with van der Waals surface area (Å²) in [6.45, 7) is 2.21. The van der Waals surface area contributed by atoms with Gasteiger partial charge in [-0.2, -0.15) is 0 Å². The Labute approximate surface area is 108 Å². The molecule has 0 atom stereocenters. The minimum Gasteiger partial charge on any atom is -0.462 e. The second-order valence-electron chi connectivity index (χ2n) is 3.36. The third-order valence-corrected chi connectivity index (χ3v) is 3.31. The first-order chi connectivity index (χ1) is 7.74. The van der Waals surface area contributed by atoms with E-state index in [4.69, 9.17) is 4.74 Å². The van der Waals surface area contributed by atoms with Gasteiger partial charge in [-0.05, 0) is 52.4 Å². The van der Waals surface area contributed by atoms with Crippen molar-refractivity contribution in [1.29, 1.82) is 0 Å². The Balaban J connectivity index is 2.63. The van der Waals surface area contributed by atoms with Gasteiger partial charge in [-0.15, -0.1) is 0 Å². The van der Waals surface area contributed by atoms with Gasteiger partial charge >= 0.3 is 5.97 Å². The number of fused-ring (bicyclic) bond motifs is 1. The summed E-state index contributed by atoms with van der Waals surface area (Å²) in [5.74, 6) is -0.255. The molecule has 16 heavy (non-hydrogen) atoms. The van der Waals surface area contributed by atoms with Gasteiger partial charge in [0.05, 0.1) is 12.2 Å². The molecule has 0 heterocycles. The molecule has 2 aromatic rings. The largest absolute Gasteiger partial charge is 0.462 e. The van der Waals surface area contributed by atoms with Crippen molar-refractivity contribution in [1.82, 2.24) is 0 Å². The predicted molar refractivity (Wildman–Crippen MR) is 72.6 cm³/mol. The number of rotatable bonds is 2. The zero-order valence-corrected chi connectivity index (χ0v) is 11.0. The summed E-state index contributed by atoms with van der Waals surface area (Å²) in [5, 5.41) is 2.04. The van der Waals surface area contributed by atoms with E-state index in [0.717, 1.165) is 14.3 Å². The second-order valence-corrected chi connectivity index (χ2v) is 4.52. The highest BCUT2D eigenvalue weighted by atomic mass is 127. The lowest BCUT2D eigenvalue weighted by Crippen LogP contribution is -2.05. The quantitative estimate of drug-likeness (QED) is 0.622. The van der Waals surface area contributed by atoms with Crippen LogP contribution in [0.5, 0.6) is 0 Å². The van der Waals surface area contributed by atoms with Crippen LogP contribution in [0.25, 0.3) is 10.8 Å². The summed E-state index contributed by atoms with van der Waals surface area (Å²) >= 11 is 2.27. The van der Waals surface area contributed by atoms with Crippen molar-refractivity contribution in [2.75, 3.05) is 6.61 Å². The average Bonchev–Trinajstić information content (AvgIpc) is 2.30. The molecule has 0 unspecified atom stereocenters. The molecule has 0 amide bonds. The molecule has 2 aromatic carbocycles. The molecule has 0 N–H and O–H groups in total.